The van der Waals surface area contributed by atoms with E-state index in [1.165, 1.54) is 146 Å². The number of nitrogens with zero attached hydrogens (tertiary/aromatic N) is 2. The number of hydrogen-bond acceptors (Lipinski definition) is 16. The Kier molecular flexibility index (Phi) is 20.3. The van der Waals surface area contributed by atoms with Gasteiger partial charge in [-0.1, -0.05) is 17.7 Å². The molecule has 0 aliphatic carbocycles. The molecule has 8 rings (SSSR count). The molecule has 18 nitrogen and oxygen atoms in total. The van der Waals surface area contributed by atoms with Gasteiger partial charge in [-0.2, -0.15) is 30.3 Å². The molecule has 0 spiro atoms. The average molecular weight is 1350 g/mol. The zero-order valence-corrected chi connectivity index (χ0v) is 54.3. The van der Waals surface area contributed by atoms with E-state index in [9.17, 15) is 67.7 Å². The van der Waals surface area contributed by atoms with Crippen LogP contribution in [0.1, 0.15) is 16.7 Å². The van der Waals surface area contributed by atoms with Crippen molar-refractivity contribution in [3.63, 3.8) is 0 Å². The number of hydrogen-bond donors (Lipinski definition) is 0. The predicted octanol–water partition coefficient (Wildman–Crippen LogP) is 7.53. The van der Waals surface area contributed by atoms with Crippen molar-refractivity contribution in [2.75, 3.05) is 48.5 Å². The van der Waals surface area contributed by atoms with Crippen molar-refractivity contribution in [2.24, 2.45) is 0 Å². The number of benzene rings is 8. The van der Waals surface area contributed by atoms with Crippen LogP contribution in [0.15, 0.2) is 251 Å². The molecule has 0 aliphatic heterocycles. The molecule has 8 aromatic rings. The van der Waals surface area contributed by atoms with E-state index < -0.39 is 79.9 Å². The number of rotatable bonds is 18. The van der Waals surface area contributed by atoms with E-state index in [4.69, 9.17) is 0 Å². The predicted molar refractivity (Wildman–Crippen MR) is 312 cm³/mol. The molecule has 0 aromatic heterocycles. The smallest absolute Gasteiger partial charge is 0.768 e. The molecule has 0 amide bonds. The van der Waals surface area contributed by atoms with E-state index in [0.717, 1.165) is 36.1 Å². The molecule has 0 N–H and O–H groups in total. The van der Waals surface area contributed by atoms with Crippen molar-refractivity contribution in [1.82, 2.24) is 0 Å². The molecule has 0 saturated carbocycles. The van der Waals surface area contributed by atoms with Crippen LogP contribution in [0.2, 0.25) is 0 Å². The molecule has 1 unspecified atom stereocenters. The van der Waals surface area contributed by atoms with Gasteiger partial charge < -0.3 is 13.5 Å². The van der Waals surface area contributed by atoms with Crippen molar-refractivity contribution < 1.29 is 93.4 Å². The Labute approximate surface area is 511 Å². The van der Waals surface area contributed by atoms with Crippen molar-refractivity contribution in [2.45, 2.75) is 88.6 Å². The van der Waals surface area contributed by atoms with Crippen LogP contribution in [0.5, 0.6) is 0 Å². The van der Waals surface area contributed by atoms with E-state index >= 15 is 0 Å². The number of sulfone groups is 7. The fourth-order valence-electron chi connectivity index (χ4n) is 8.50. The molecule has 1 atom stereocenters. The summed E-state index contributed by atoms with van der Waals surface area (Å²) in [7, 11) is -16.7. The first-order valence-corrected chi connectivity index (χ1v) is 36.7. The van der Waals surface area contributed by atoms with Gasteiger partial charge >= 0.3 is 16.8 Å². The summed E-state index contributed by atoms with van der Waals surface area (Å²) < 4.78 is 207. The van der Waals surface area contributed by atoms with E-state index in [1.807, 2.05) is 49.2 Å². The zero-order chi connectivity index (χ0) is 62.2. The van der Waals surface area contributed by atoms with Crippen LogP contribution in [-0.4, -0.2) is 125 Å². The van der Waals surface area contributed by atoms with Gasteiger partial charge in [0, 0.05) is 22.3 Å². The summed E-state index contributed by atoms with van der Waals surface area (Å²) in [5.74, 6) is 0. The van der Waals surface area contributed by atoms with E-state index in [-0.39, 0.29) is 108 Å². The third kappa shape index (κ3) is 15.6. The Bertz CT molecular complexity index is 4650. The largest absolute Gasteiger partial charge is 2.00 e. The Hall–Kier alpha value is -6.05. The molecule has 8 aromatic carbocycles. The van der Waals surface area contributed by atoms with Gasteiger partial charge in [0.25, 0.3) is 0 Å². The number of quaternary nitrogens is 2. The molecular formula is C58H58CoN2O16S8+2. The first-order valence-electron chi connectivity index (χ1n) is 24.9. The minimum atomic E-state index is -4.25. The summed E-state index contributed by atoms with van der Waals surface area (Å²) >= 11 is -2.57. The summed E-state index contributed by atoms with van der Waals surface area (Å²) in [5, 5.41) is 0. The number of aryl methyl sites for hydroxylation is 1. The van der Waals surface area contributed by atoms with Gasteiger partial charge in [0.1, 0.15) is 13.1 Å². The topological polar surface area (TPSA) is 279 Å². The summed E-state index contributed by atoms with van der Waals surface area (Å²) in [6, 6.07) is 41.3. The third-order valence-electron chi connectivity index (χ3n) is 12.7. The summed E-state index contributed by atoms with van der Waals surface area (Å²) in [5.41, 5.74) is 1.46. The van der Waals surface area contributed by atoms with E-state index in [0.29, 0.717) is 10.0 Å². The molecule has 0 saturated heterocycles. The van der Waals surface area contributed by atoms with Gasteiger partial charge in [0.05, 0.1) is 101 Å². The molecule has 0 bridgehead atoms. The second-order valence-electron chi connectivity index (χ2n) is 21.4. The maximum absolute atomic E-state index is 14.3. The van der Waals surface area contributed by atoms with Crippen LogP contribution < -0.4 is 0 Å². The van der Waals surface area contributed by atoms with Gasteiger partial charge in [-0.15, -0.1) is 0 Å². The van der Waals surface area contributed by atoms with Crippen LogP contribution in [0.25, 0.3) is 0 Å². The average Bonchev–Trinajstić information content (AvgIpc) is 3.38. The first-order chi connectivity index (χ1) is 38.8. The first kappa shape index (κ1) is 68.1. The van der Waals surface area contributed by atoms with Crippen LogP contribution in [-0.2, 0) is 110 Å². The molecule has 0 fully saturated rings. The Morgan fingerprint density at radius 1 is 0.365 bits per heavy atom. The minimum Gasteiger partial charge on any atom is -0.768 e. The minimum absolute atomic E-state index is 0. The van der Waals surface area contributed by atoms with Crippen LogP contribution >= 0.6 is 0 Å². The monoisotopic (exact) mass is 1350 g/mol. The van der Waals surface area contributed by atoms with Crippen LogP contribution in [0.4, 0.5) is 0 Å². The summed E-state index contributed by atoms with van der Waals surface area (Å²) in [6.45, 7) is 2.20. The van der Waals surface area contributed by atoms with Gasteiger partial charge in [-0.3, -0.25) is 4.21 Å². The molecule has 451 valence electrons. The maximum Gasteiger partial charge on any atom is 2.00 e. The van der Waals surface area contributed by atoms with Crippen LogP contribution in [0.3, 0.4) is 0 Å². The fraction of sp³-hybridized carbons (Fsp3) is 0.172. The Morgan fingerprint density at radius 2 is 0.624 bits per heavy atom. The van der Waals surface area contributed by atoms with E-state index in [1.54, 1.807) is 12.1 Å². The third-order valence-corrected chi connectivity index (χ3v) is 25.3. The normalized spacial score (nSPS) is 13.2. The van der Waals surface area contributed by atoms with Gasteiger partial charge in [0.15, 0.2) is 19.7 Å². The second kappa shape index (κ2) is 25.3. The van der Waals surface area contributed by atoms with Crippen molar-refractivity contribution in [3.8, 4) is 0 Å². The zero-order valence-electron chi connectivity index (χ0n) is 46.8. The Balaban J connectivity index is 0.000000276. The van der Waals surface area contributed by atoms with E-state index in [2.05, 4.69) is 6.07 Å². The SMILES string of the molecule is CS(=O)(=O)c1ccc(S(=O)(=O)c2ccc(S(=O)(=O)c3ccc(S(=O)(=O)c4cc[c-]cc4)cc3)cc2)cc1.Cc1ccc(S(=O)(=O)c2ccc(S(=O)(=O)c3ccc(S(=O)(=O)c4ccc(S(=O)[O-])cc4C[N+](C)(C)C)c(C[N+](C)(C)C)c3)cc2)cc1.[Co+2]. The van der Waals surface area contributed by atoms with Gasteiger partial charge in [-0.25, -0.2) is 58.9 Å². The van der Waals surface area contributed by atoms with Crippen molar-refractivity contribution in [3.05, 3.63) is 205 Å². The molecular weight excluding hydrogens is 1300 g/mol. The molecule has 27 heteroatoms. The maximum atomic E-state index is 14.3. The summed E-state index contributed by atoms with van der Waals surface area (Å²) in [4.78, 5) is -1.25. The van der Waals surface area contributed by atoms with Gasteiger partial charge in [0.2, 0.25) is 49.2 Å². The van der Waals surface area contributed by atoms with Gasteiger partial charge in [-0.05, 0) is 168 Å². The standard InChI is InChI=1S/C33H39N2O8S4.C25H19O8S4.Co/c1-24-8-11-28(12-9-24)45(38,39)29-13-15-30(16-14-29)46(40,41)31-17-19-33(26(21-31)23-35(5,6)7)47(42,43)32-18-10-27(44(36)37)20-25(32)22-34(2,3)4;1-34(26,27)19-7-9-21(10-8-19)36(30,31)23-15-17-25(18-16-23)37(32,33)24-13-11-22(12-14-24)35(28,29)20-5-3-2-4-6-20;/h8-21H,22-23H2,1-7H3;3-18H,1H3;/q+1;-1;+2. The van der Waals surface area contributed by atoms with Crippen molar-refractivity contribution >= 4 is 79.9 Å². The molecule has 1 radical (unpaired) electrons. The molecule has 85 heavy (non-hydrogen) atoms. The van der Waals surface area contributed by atoms with Crippen LogP contribution in [0, 0.1) is 13.0 Å². The second-order valence-corrected chi connectivity index (χ2v) is 36.0. The van der Waals surface area contributed by atoms with Crippen molar-refractivity contribution in [1.29, 1.82) is 0 Å². The fourth-order valence-corrected chi connectivity index (χ4v) is 17.6. The quantitative estimate of drug-likeness (QED) is 0.0456. The molecule has 0 heterocycles. The molecule has 0 aliphatic rings. The Morgan fingerprint density at radius 3 is 0.929 bits per heavy atom. The summed E-state index contributed by atoms with van der Waals surface area (Å²) in [6.07, 6.45) is 1.00.